The molecular formula is C14H11BrN2O. The number of anilines is 1. The summed E-state index contributed by atoms with van der Waals surface area (Å²) in [4.78, 5) is 16.2. The molecule has 90 valence electrons. The number of rotatable bonds is 2. The minimum atomic E-state index is -0.0340. The Morgan fingerprint density at radius 3 is 2.89 bits per heavy atom. The highest BCUT2D eigenvalue weighted by Crippen LogP contribution is 2.35. The van der Waals surface area contributed by atoms with E-state index in [1.807, 2.05) is 24.3 Å². The van der Waals surface area contributed by atoms with E-state index in [1.165, 1.54) is 5.56 Å². The highest BCUT2D eigenvalue weighted by Gasteiger charge is 2.31. The quantitative estimate of drug-likeness (QED) is 0.866. The molecule has 0 saturated carbocycles. The molecule has 3 nitrogen and oxygen atoms in total. The summed E-state index contributed by atoms with van der Waals surface area (Å²) >= 11 is 3.32. The SMILES string of the molecule is O=C(Nc1cccnc1Br)C1Cc2ccccc21. The van der Waals surface area contributed by atoms with Crippen LogP contribution in [-0.4, -0.2) is 10.9 Å². The Bertz CT molecular complexity index is 612. The Labute approximate surface area is 113 Å². The first-order valence-electron chi connectivity index (χ1n) is 5.75. The Hall–Kier alpha value is -1.68. The molecule has 4 heteroatoms. The van der Waals surface area contributed by atoms with E-state index >= 15 is 0 Å². The van der Waals surface area contributed by atoms with Gasteiger partial charge in [0.1, 0.15) is 4.60 Å². The van der Waals surface area contributed by atoms with Crippen LogP contribution in [0.3, 0.4) is 0 Å². The van der Waals surface area contributed by atoms with Gasteiger partial charge in [-0.1, -0.05) is 24.3 Å². The largest absolute Gasteiger partial charge is 0.323 e. The Balaban J connectivity index is 1.77. The number of hydrogen-bond acceptors (Lipinski definition) is 2. The van der Waals surface area contributed by atoms with E-state index in [0.29, 0.717) is 10.3 Å². The van der Waals surface area contributed by atoms with Crippen molar-refractivity contribution in [2.24, 2.45) is 0 Å². The first-order chi connectivity index (χ1) is 8.75. The van der Waals surface area contributed by atoms with Gasteiger partial charge in [-0.2, -0.15) is 0 Å². The van der Waals surface area contributed by atoms with Crippen LogP contribution in [0.25, 0.3) is 0 Å². The number of nitrogens with zero attached hydrogens (tertiary/aromatic N) is 1. The Morgan fingerprint density at radius 2 is 2.11 bits per heavy atom. The lowest BCUT2D eigenvalue weighted by atomic mass is 9.77. The molecule has 1 aromatic carbocycles. The molecule has 1 aliphatic rings. The summed E-state index contributed by atoms with van der Waals surface area (Å²) in [6, 6.07) is 11.7. The van der Waals surface area contributed by atoms with Crippen molar-refractivity contribution >= 4 is 27.5 Å². The average molecular weight is 303 g/mol. The topological polar surface area (TPSA) is 42.0 Å². The van der Waals surface area contributed by atoms with Gasteiger partial charge >= 0.3 is 0 Å². The van der Waals surface area contributed by atoms with Gasteiger partial charge in [0.2, 0.25) is 5.91 Å². The fraction of sp³-hybridized carbons (Fsp3) is 0.143. The number of carbonyl (C=O) groups excluding carboxylic acids is 1. The molecule has 0 saturated heterocycles. The lowest BCUT2D eigenvalue weighted by Gasteiger charge is -2.28. The number of carbonyl (C=O) groups is 1. The zero-order valence-corrected chi connectivity index (χ0v) is 11.1. The van der Waals surface area contributed by atoms with Gasteiger partial charge in [-0.25, -0.2) is 4.98 Å². The fourth-order valence-electron chi connectivity index (χ4n) is 2.19. The summed E-state index contributed by atoms with van der Waals surface area (Å²) in [5.41, 5.74) is 3.12. The van der Waals surface area contributed by atoms with Crippen molar-refractivity contribution in [1.29, 1.82) is 0 Å². The number of amides is 1. The van der Waals surface area contributed by atoms with Crippen LogP contribution in [0.1, 0.15) is 17.0 Å². The van der Waals surface area contributed by atoms with Crippen LogP contribution in [0.4, 0.5) is 5.69 Å². The van der Waals surface area contributed by atoms with Gasteiger partial charge in [0.25, 0.3) is 0 Å². The molecule has 1 aromatic heterocycles. The maximum absolute atomic E-state index is 12.1. The van der Waals surface area contributed by atoms with Crippen molar-refractivity contribution in [1.82, 2.24) is 4.98 Å². The van der Waals surface area contributed by atoms with Gasteiger partial charge in [0, 0.05) is 6.20 Å². The monoisotopic (exact) mass is 302 g/mol. The average Bonchev–Trinajstić information content (AvgIpc) is 2.34. The van der Waals surface area contributed by atoms with E-state index in [-0.39, 0.29) is 11.8 Å². The van der Waals surface area contributed by atoms with Crippen molar-refractivity contribution in [2.45, 2.75) is 12.3 Å². The molecule has 1 aliphatic carbocycles. The van der Waals surface area contributed by atoms with E-state index in [1.54, 1.807) is 12.3 Å². The van der Waals surface area contributed by atoms with Crippen LogP contribution in [0, 0.1) is 0 Å². The Morgan fingerprint density at radius 1 is 1.28 bits per heavy atom. The number of hydrogen-bond donors (Lipinski definition) is 1. The molecule has 2 aromatic rings. The van der Waals surface area contributed by atoms with Gasteiger partial charge in [-0.3, -0.25) is 4.79 Å². The summed E-state index contributed by atoms with van der Waals surface area (Å²) < 4.78 is 0.658. The third-order valence-corrected chi connectivity index (χ3v) is 3.82. The van der Waals surface area contributed by atoms with Crippen LogP contribution < -0.4 is 5.32 Å². The standard InChI is InChI=1S/C14H11BrN2O/c15-13-12(6-3-7-16-13)17-14(18)11-8-9-4-1-2-5-10(9)11/h1-7,11H,8H2,(H,17,18). The molecular weight excluding hydrogens is 292 g/mol. The van der Waals surface area contributed by atoms with E-state index < -0.39 is 0 Å². The molecule has 0 fully saturated rings. The molecule has 0 aliphatic heterocycles. The molecule has 0 radical (unpaired) electrons. The summed E-state index contributed by atoms with van der Waals surface area (Å²) in [6.07, 6.45) is 2.50. The third-order valence-electron chi connectivity index (χ3n) is 3.19. The first kappa shape index (κ1) is 11.4. The minimum absolute atomic E-state index is 0.0300. The predicted molar refractivity (Wildman–Crippen MR) is 73.5 cm³/mol. The normalized spacial score (nSPS) is 16.6. The van der Waals surface area contributed by atoms with E-state index in [2.05, 4.69) is 32.3 Å². The van der Waals surface area contributed by atoms with Crippen LogP contribution in [0.5, 0.6) is 0 Å². The number of halogens is 1. The second-order valence-electron chi connectivity index (χ2n) is 4.29. The maximum atomic E-state index is 12.1. The van der Waals surface area contributed by atoms with Crippen molar-refractivity contribution < 1.29 is 4.79 Å². The number of aromatic nitrogens is 1. The predicted octanol–water partition coefficient (Wildman–Crippen LogP) is 3.12. The number of pyridine rings is 1. The fourth-order valence-corrected chi connectivity index (χ4v) is 2.54. The summed E-state index contributed by atoms with van der Waals surface area (Å²) in [5.74, 6) is -0.00398. The molecule has 1 N–H and O–H groups in total. The Kier molecular flexibility index (Phi) is 2.88. The van der Waals surface area contributed by atoms with Crippen molar-refractivity contribution in [2.75, 3.05) is 5.32 Å². The van der Waals surface area contributed by atoms with E-state index in [0.717, 1.165) is 12.0 Å². The van der Waals surface area contributed by atoms with Gasteiger partial charge in [-0.15, -0.1) is 0 Å². The van der Waals surface area contributed by atoms with Gasteiger partial charge in [0.15, 0.2) is 0 Å². The summed E-state index contributed by atoms with van der Waals surface area (Å²) in [5, 5.41) is 2.90. The smallest absolute Gasteiger partial charge is 0.232 e. The molecule has 18 heavy (non-hydrogen) atoms. The van der Waals surface area contributed by atoms with Crippen LogP contribution in [0.2, 0.25) is 0 Å². The number of fused-ring (bicyclic) bond motifs is 1. The highest BCUT2D eigenvalue weighted by atomic mass is 79.9. The zero-order chi connectivity index (χ0) is 12.5. The molecule has 3 rings (SSSR count). The van der Waals surface area contributed by atoms with Crippen molar-refractivity contribution in [3.63, 3.8) is 0 Å². The van der Waals surface area contributed by atoms with Crippen LogP contribution in [0.15, 0.2) is 47.2 Å². The summed E-state index contributed by atoms with van der Waals surface area (Å²) in [6.45, 7) is 0. The molecule has 0 spiro atoms. The zero-order valence-electron chi connectivity index (χ0n) is 9.56. The van der Waals surface area contributed by atoms with Crippen LogP contribution in [-0.2, 0) is 11.2 Å². The third kappa shape index (κ3) is 1.93. The second-order valence-corrected chi connectivity index (χ2v) is 5.04. The van der Waals surface area contributed by atoms with Gasteiger partial charge in [-0.05, 0) is 45.6 Å². The second kappa shape index (κ2) is 4.53. The molecule has 1 amide bonds. The minimum Gasteiger partial charge on any atom is -0.323 e. The molecule has 0 bridgehead atoms. The summed E-state index contributed by atoms with van der Waals surface area (Å²) in [7, 11) is 0. The molecule has 1 atom stereocenters. The maximum Gasteiger partial charge on any atom is 0.232 e. The lowest BCUT2D eigenvalue weighted by molar-refractivity contribution is -0.118. The van der Waals surface area contributed by atoms with Crippen molar-refractivity contribution in [3.8, 4) is 0 Å². The number of nitrogens with one attached hydrogen (secondary N) is 1. The van der Waals surface area contributed by atoms with Crippen molar-refractivity contribution in [3.05, 3.63) is 58.3 Å². The molecule has 1 unspecified atom stereocenters. The van der Waals surface area contributed by atoms with Gasteiger partial charge < -0.3 is 5.32 Å². The van der Waals surface area contributed by atoms with E-state index in [4.69, 9.17) is 0 Å². The van der Waals surface area contributed by atoms with E-state index in [9.17, 15) is 4.79 Å². The molecule has 1 heterocycles. The first-order valence-corrected chi connectivity index (χ1v) is 6.54. The lowest BCUT2D eigenvalue weighted by Crippen LogP contribution is -2.30. The van der Waals surface area contributed by atoms with Gasteiger partial charge in [0.05, 0.1) is 11.6 Å². The van der Waals surface area contributed by atoms with Crippen LogP contribution >= 0.6 is 15.9 Å². The highest BCUT2D eigenvalue weighted by molar-refractivity contribution is 9.10. The number of benzene rings is 1.